The van der Waals surface area contributed by atoms with Crippen LogP contribution in [-0.2, 0) is 19.2 Å². The van der Waals surface area contributed by atoms with E-state index in [1.807, 2.05) is 0 Å². The van der Waals surface area contributed by atoms with Crippen molar-refractivity contribution in [3.63, 3.8) is 0 Å². The fourth-order valence-electron chi connectivity index (χ4n) is 9.17. The summed E-state index contributed by atoms with van der Waals surface area (Å²) in [5, 5.41) is 20.7. The number of carbonyl (C=O) groups excluding carboxylic acids is 2. The van der Waals surface area contributed by atoms with Crippen LogP contribution in [0.5, 0.6) is 0 Å². The Morgan fingerprint density at radius 2 is 1.71 bits per heavy atom. The monoisotopic (exact) mass is 491 g/mol. The molecule has 4 rings (SSSR count). The van der Waals surface area contributed by atoms with Gasteiger partial charge in [0, 0.05) is 13.3 Å². The minimum Gasteiger partial charge on any atom is -0.481 e. The van der Waals surface area contributed by atoms with Gasteiger partial charge in [0.2, 0.25) is 5.78 Å². The average Bonchev–Trinajstić information content (AvgIpc) is 3.15. The second-order valence-electron chi connectivity index (χ2n) is 12.7. The maximum absolute atomic E-state index is 11.6. The van der Waals surface area contributed by atoms with Gasteiger partial charge in [0.05, 0.1) is 18.8 Å². The first-order chi connectivity index (χ1) is 16.5. The number of fused-ring (bicyclic) bond motifs is 5. The van der Waals surface area contributed by atoms with E-state index in [9.17, 15) is 19.5 Å². The van der Waals surface area contributed by atoms with Crippen molar-refractivity contribution in [2.24, 2.45) is 46.3 Å². The molecule has 7 heteroatoms. The summed E-state index contributed by atoms with van der Waals surface area (Å²) in [6.07, 6.45) is 8.94. The minimum absolute atomic E-state index is 0.00335. The van der Waals surface area contributed by atoms with Crippen LogP contribution in [0.25, 0.3) is 0 Å². The summed E-state index contributed by atoms with van der Waals surface area (Å²) in [6.45, 7) is 8.29. The van der Waals surface area contributed by atoms with Gasteiger partial charge < -0.3 is 10.2 Å². The molecule has 5 unspecified atom stereocenters. The first kappa shape index (κ1) is 26.7. The van der Waals surface area contributed by atoms with Crippen molar-refractivity contribution in [2.75, 3.05) is 6.54 Å². The molecule has 4 aliphatic rings. The zero-order chi connectivity index (χ0) is 25.5. The van der Waals surface area contributed by atoms with Crippen molar-refractivity contribution >= 4 is 17.5 Å². The highest BCUT2D eigenvalue weighted by Crippen LogP contribution is 2.68. The lowest BCUT2D eigenvalue weighted by atomic mass is 9.43. The van der Waals surface area contributed by atoms with Crippen LogP contribution >= 0.6 is 0 Å². The van der Waals surface area contributed by atoms with Crippen LogP contribution in [0.1, 0.15) is 91.9 Å². The number of aliphatic hydroxyl groups is 1. The molecule has 4 aliphatic carbocycles. The number of ketones is 2. The standard InChI is InChI=1S/C28H45NO6/c1-16(5-8-25(33)34)20-6-7-21-26-22(10-12-28(20,21)4)27(3)11-9-19(13-18(27)14-23(26)31)35-29-15-24(32)17(2)30/h16,18-23,26,29,31H,5-15H2,1-4H3,(H,33,34)/t16-,18-,19+,20?,21?,22?,23?,26?,27-,28+/m0/s1. The number of hydroxylamine groups is 1. The van der Waals surface area contributed by atoms with Crippen LogP contribution in [-0.4, -0.2) is 46.5 Å². The Bertz CT molecular complexity index is 830. The van der Waals surface area contributed by atoms with Crippen molar-refractivity contribution in [1.29, 1.82) is 0 Å². The lowest BCUT2D eigenvalue weighted by Crippen LogP contribution is -2.59. The third-order valence-corrected chi connectivity index (χ3v) is 11.1. The molecule has 10 atom stereocenters. The van der Waals surface area contributed by atoms with Gasteiger partial charge >= 0.3 is 5.97 Å². The number of carboxylic acid groups (broad SMARTS) is 1. The van der Waals surface area contributed by atoms with E-state index in [-0.39, 0.29) is 36.0 Å². The molecule has 0 aromatic rings. The van der Waals surface area contributed by atoms with E-state index in [0.717, 1.165) is 51.4 Å². The molecule has 7 nitrogen and oxygen atoms in total. The molecule has 35 heavy (non-hydrogen) atoms. The highest BCUT2D eigenvalue weighted by Gasteiger charge is 2.63. The van der Waals surface area contributed by atoms with Crippen LogP contribution in [0.2, 0.25) is 0 Å². The number of aliphatic carboxylic acids is 1. The van der Waals surface area contributed by atoms with E-state index in [2.05, 4.69) is 26.3 Å². The molecule has 0 spiro atoms. The van der Waals surface area contributed by atoms with Crippen LogP contribution in [0.3, 0.4) is 0 Å². The largest absolute Gasteiger partial charge is 0.481 e. The molecule has 0 amide bonds. The van der Waals surface area contributed by atoms with Gasteiger partial charge in [-0.05, 0) is 104 Å². The molecule has 0 aromatic heterocycles. The van der Waals surface area contributed by atoms with Crippen molar-refractivity contribution in [3.05, 3.63) is 0 Å². The van der Waals surface area contributed by atoms with Crippen LogP contribution < -0.4 is 5.48 Å². The Hall–Kier alpha value is -1.31. The topological polar surface area (TPSA) is 113 Å². The zero-order valence-corrected chi connectivity index (χ0v) is 21.9. The zero-order valence-electron chi connectivity index (χ0n) is 21.9. The van der Waals surface area contributed by atoms with E-state index in [1.165, 1.54) is 13.3 Å². The van der Waals surface area contributed by atoms with E-state index >= 15 is 0 Å². The molecule has 3 N–H and O–H groups in total. The molecule has 0 aromatic carbocycles. The number of aliphatic hydroxyl groups excluding tert-OH is 1. The lowest BCUT2D eigenvalue weighted by Gasteiger charge is -2.62. The van der Waals surface area contributed by atoms with E-state index in [1.54, 1.807) is 0 Å². The first-order valence-electron chi connectivity index (χ1n) is 13.8. The third-order valence-electron chi connectivity index (χ3n) is 11.1. The Balaban J connectivity index is 1.42. The van der Waals surface area contributed by atoms with Gasteiger partial charge in [-0.15, -0.1) is 0 Å². The molecular weight excluding hydrogens is 446 g/mol. The SMILES string of the molecule is CC(=O)C(=O)CNO[C@@H]1CC[C@]2(C)C3CC[C@@]4(C)C(CCC4[C@@H](C)CCC(=O)O)C3C(O)C[C@@H]2C1. The van der Waals surface area contributed by atoms with Gasteiger partial charge in [0.25, 0.3) is 0 Å². The normalized spacial score (nSPS) is 43.5. The third kappa shape index (κ3) is 4.97. The molecule has 0 aliphatic heterocycles. The van der Waals surface area contributed by atoms with Crippen LogP contribution in [0.15, 0.2) is 0 Å². The number of carbonyl (C=O) groups is 3. The molecule has 4 saturated carbocycles. The number of carboxylic acids is 1. The average molecular weight is 492 g/mol. The number of hydrogen-bond donors (Lipinski definition) is 3. The maximum atomic E-state index is 11.6. The highest BCUT2D eigenvalue weighted by atomic mass is 16.7. The maximum Gasteiger partial charge on any atom is 0.303 e. The lowest BCUT2D eigenvalue weighted by molar-refractivity contribution is -0.184. The first-order valence-corrected chi connectivity index (χ1v) is 13.8. The number of nitrogens with one attached hydrogen (secondary N) is 1. The smallest absolute Gasteiger partial charge is 0.303 e. The fraction of sp³-hybridized carbons (Fsp3) is 0.893. The van der Waals surface area contributed by atoms with Gasteiger partial charge in [0.1, 0.15) is 0 Å². The van der Waals surface area contributed by atoms with Crippen LogP contribution in [0.4, 0.5) is 0 Å². The summed E-state index contributed by atoms with van der Waals surface area (Å²) in [7, 11) is 0. The Morgan fingerprint density at radius 1 is 1.03 bits per heavy atom. The van der Waals surface area contributed by atoms with Crippen molar-refractivity contribution in [2.45, 2.75) is 104 Å². The molecule has 0 saturated heterocycles. The van der Waals surface area contributed by atoms with E-state index in [4.69, 9.17) is 9.94 Å². The van der Waals surface area contributed by atoms with Crippen molar-refractivity contribution in [1.82, 2.24) is 5.48 Å². The van der Waals surface area contributed by atoms with Crippen molar-refractivity contribution in [3.8, 4) is 0 Å². The molecule has 4 fully saturated rings. The molecule has 198 valence electrons. The summed E-state index contributed by atoms with van der Waals surface area (Å²) in [5.41, 5.74) is 3.09. The van der Waals surface area contributed by atoms with Gasteiger partial charge in [-0.1, -0.05) is 20.8 Å². The van der Waals surface area contributed by atoms with Gasteiger partial charge in [-0.3, -0.25) is 19.2 Å². The van der Waals surface area contributed by atoms with Gasteiger partial charge in [-0.25, -0.2) is 0 Å². The predicted octanol–water partition coefficient (Wildman–Crippen LogP) is 4.16. The minimum atomic E-state index is -0.706. The Labute approximate surface area is 209 Å². The second-order valence-corrected chi connectivity index (χ2v) is 12.7. The van der Waals surface area contributed by atoms with E-state index in [0.29, 0.717) is 35.5 Å². The summed E-state index contributed by atoms with van der Waals surface area (Å²) >= 11 is 0. The van der Waals surface area contributed by atoms with Gasteiger partial charge in [-0.2, -0.15) is 5.48 Å². The van der Waals surface area contributed by atoms with Crippen LogP contribution in [0, 0.1) is 46.3 Å². The molecular formula is C28H45NO6. The quantitative estimate of drug-likeness (QED) is 0.328. The summed E-state index contributed by atoms with van der Waals surface area (Å²) in [4.78, 5) is 39.6. The van der Waals surface area contributed by atoms with Crippen molar-refractivity contribution < 1.29 is 29.4 Å². The Morgan fingerprint density at radius 3 is 2.40 bits per heavy atom. The predicted molar refractivity (Wildman–Crippen MR) is 131 cm³/mol. The molecule has 0 radical (unpaired) electrons. The van der Waals surface area contributed by atoms with Gasteiger partial charge in [0.15, 0.2) is 5.78 Å². The highest BCUT2D eigenvalue weighted by molar-refractivity contribution is 6.37. The molecule has 0 heterocycles. The summed E-state index contributed by atoms with van der Waals surface area (Å²) < 4.78 is 0. The fourth-order valence-corrected chi connectivity index (χ4v) is 9.17. The summed E-state index contributed by atoms with van der Waals surface area (Å²) in [6, 6.07) is 0. The number of rotatable bonds is 9. The van der Waals surface area contributed by atoms with E-state index < -0.39 is 17.5 Å². The second kappa shape index (κ2) is 10.2. The molecule has 0 bridgehead atoms. The Kier molecular flexibility index (Phi) is 7.81. The number of hydrogen-bond acceptors (Lipinski definition) is 6. The number of Topliss-reactive ketones (excluding diaryl/α,β-unsaturated/α-hetero) is 2. The summed E-state index contributed by atoms with van der Waals surface area (Å²) in [5.74, 6) is 1.04.